The maximum Gasteiger partial charge on any atom is 0.244 e. The summed E-state index contributed by atoms with van der Waals surface area (Å²) < 4.78 is 1.59. The molecule has 1 amide bonds. The van der Waals surface area contributed by atoms with E-state index in [2.05, 4.69) is 5.10 Å². The van der Waals surface area contributed by atoms with E-state index in [0.717, 1.165) is 0 Å². The van der Waals surface area contributed by atoms with Gasteiger partial charge in [-0.3, -0.25) is 9.48 Å². The fourth-order valence-electron chi connectivity index (χ4n) is 1.47. The van der Waals surface area contributed by atoms with Crippen LogP contribution in [0.2, 0.25) is 0 Å². The third-order valence-electron chi connectivity index (χ3n) is 2.26. The van der Waals surface area contributed by atoms with Crippen LogP contribution in [0.5, 0.6) is 0 Å². The molecule has 0 radical (unpaired) electrons. The van der Waals surface area contributed by atoms with E-state index in [-0.39, 0.29) is 12.5 Å². The lowest BCUT2D eigenvalue weighted by atomic mass is 10.1. The summed E-state index contributed by atoms with van der Waals surface area (Å²) in [5.41, 5.74) is 6.47. The van der Waals surface area contributed by atoms with E-state index >= 15 is 0 Å². The standard InChI is InChI=1S/C10H18N4O2/c1-7(15)5-13(2)10(16)9(11)8-4-12-14(3)6-8/h4,6-7,9,15H,5,11H2,1-3H3. The summed E-state index contributed by atoms with van der Waals surface area (Å²) in [4.78, 5) is 13.3. The van der Waals surface area contributed by atoms with Gasteiger partial charge in [-0.25, -0.2) is 0 Å². The Labute approximate surface area is 94.6 Å². The van der Waals surface area contributed by atoms with Crippen molar-refractivity contribution >= 4 is 5.91 Å². The van der Waals surface area contributed by atoms with Crippen LogP contribution >= 0.6 is 0 Å². The van der Waals surface area contributed by atoms with Crippen LogP contribution in [-0.4, -0.2) is 45.4 Å². The molecule has 0 fully saturated rings. The van der Waals surface area contributed by atoms with Crippen molar-refractivity contribution in [2.45, 2.75) is 19.1 Å². The summed E-state index contributed by atoms with van der Waals surface area (Å²) >= 11 is 0. The van der Waals surface area contributed by atoms with Crippen LogP contribution in [-0.2, 0) is 11.8 Å². The van der Waals surface area contributed by atoms with E-state index < -0.39 is 12.1 Å². The van der Waals surface area contributed by atoms with Gasteiger partial charge in [0.2, 0.25) is 5.91 Å². The molecule has 1 aromatic rings. The topological polar surface area (TPSA) is 84.4 Å². The highest BCUT2D eigenvalue weighted by molar-refractivity contribution is 5.82. The average Bonchev–Trinajstić information content (AvgIpc) is 2.61. The number of hydrogen-bond acceptors (Lipinski definition) is 4. The molecule has 3 N–H and O–H groups in total. The smallest absolute Gasteiger partial charge is 0.244 e. The minimum Gasteiger partial charge on any atom is -0.392 e. The van der Waals surface area contributed by atoms with Crippen LogP contribution in [0.4, 0.5) is 0 Å². The molecule has 16 heavy (non-hydrogen) atoms. The number of hydrogen-bond donors (Lipinski definition) is 2. The van der Waals surface area contributed by atoms with Gasteiger partial charge in [-0.15, -0.1) is 0 Å². The molecule has 0 bridgehead atoms. The molecule has 2 atom stereocenters. The lowest BCUT2D eigenvalue weighted by Crippen LogP contribution is -2.39. The van der Waals surface area contributed by atoms with Crippen molar-refractivity contribution < 1.29 is 9.90 Å². The molecule has 1 heterocycles. The number of carbonyl (C=O) groups excluding carboxylic acids is 1. The Balaban J connectivity index is 2.67. The molecule has 6 nitrogen and oxygen atoms in total. The minimum atomic E-state index is -0.725. The molecule has 0 aliphatic heterocycles. The number of likely N-dealkylation sites (N-methyl/N-ethyl adjacent to an activating group) is 1. The summed E-state index contributed by atoms with van der Waals surface area (Å²) in [5, 5.41) is 13.1. The normalized spacial score (nSPS) is 14.6. The number of carbonyl (C=O) groups is 1. The first-order chi connectivity index (χ1) is 7.41. The third kappa shape index (κ3) is 3.04. The first-order valence-corrected chi connectivity index (χ1v) is 5.09. The molecule has 0 aromatic carbocycles. The van der Waals surface area contributed by atoms with Gasteiger partial charge in [-0.1, -0.05) is 0 Å². The van der Waals surface area contributed by atoms with Crippen molar-refractivity contribution in [2.75, 3.05) is 13.6 Å². The second-order valence-corrected chi connectivity index (χ2v) is 3.99. The average molecular weight is 226 g/mol. The summed E-state index contributed by atoms with van der Waals surface area (Å²) in [6.45, 7) is 1.90. The summed E-state index contributed by atoms with van der Waals surface area (Å²) in [6.07, 6.45) is 2.72. The number of aliphatic hydroxyl groups excluding tert-OH is 1. The monoisotopic (exact) mass is 226 g/mol. The van der Waals surface area contributed by atoms with Crippen molar-refractivity contribution in [2.24, 2.45) is 12.8 Å². The van der Waals surface area contributed by atoms with Gasteiger partial charge in [0, 0.05) is 32.4 Å². The van der Waals surface area contributed by atoms with Gasteiger partial charge in [0.25, 0.3) is 0 Å². The number of aliphatic hydroxyl groups is 1. The second-order valence-electron chi connectivity index (χ2n) is 3.99. The van der Waals surface area contributed by atoms with Gasteiger partial charge < -0.3 is 15.7 Å². The first-order valence-electron chi connectivity index (χ1n) is 5.09. The maximum absolute atomic E-state index is 11.8. The largest absolute Gasteiger partial charge is 0.392 e. The lowest BCUT2D eigenvalue weighted by Gasteiger charge is -2.21. The van der Waals surface area contributed by atoms with Crippen LogP contribution in [0.3, 0.4) is 0 Å². The molecular formula is C10H18N4O2. The highest BCUT2D eigenvalue weighted by Crippen LogP contribution is 2.11. The van der Waals surface area contributed by atoms with Crippen molar-refractivity contribution in [3.8, 4) is 0 Å². The summed E-state index contributed by atoms with van der Waals surface area (Å²) in [6, 6.07) is -0.725. The predicted molar refractivity (Wildman–Crippen MR) is 59.5 cm³/mol. The highest BCUT2D eigenvalue weighted by atomic mass is 16.3. The maximum atomic E-state index is 11.8. The Hall–Kier alpha value is -1.40. The zero-order valence-corrected chi connectivity index (χ0v) is 9.79. The number of rotatable bonds is 4. The van der Waals surface area contributed by atoms with E-state index in [9.17, 15) is 9.90 Å². The summed E-state index contributed by atoms with van der Waals surface area (Å²) in [7, 11) is 3.38. The third-order valence-corrected chi connectivity index (χ3v) is 2.26. The molecule has 2 unspecified atom stereocenters. The van der Waals surface area contributed by atoms with Crippen LogP contribution in [0.1, 0.15) is 18.5 Å². The van der Waals surface area contributed by atoms with Gasteiger partial charge in [0.1, 0.15) is 6.04 Å². The van der Waals surface area contributed by atoms with Crippen molar-refractivity contribution in [1.82, 2.24) is 14.7 Å². The fourth-order valence-corrected chi connectivity index (χ4v) is 1.47. The van der Waals surface area contributed by atoms with Crippen molar-refractivity contribution in [3.05, 3.63) is 18.0 Å². The molecule has 6 heteroatoms. The molecule has 1 rings (SSSR count). The molecule has 0 aliphatic carbocycles. The summed E-state index contributed by atoms with van der Waals surface area (Å²) in [5.74, 6) is -0.228. The zero-order valence-electron chi connectivity index (χ0n) is 9.79. The van der Waals surface area contributed by atoms with E-state index in [1.54, 1.807) is 38.1 Å². The second kappa shape index (κ2) is 5.09. The molecule has 0 spiro atoms. The van der Waals surface area contributed by atoms with Crippen molar-refractivity contribution in [3.63, 3.8) is 0 Å². The Morgan fingerprint density at radius 1 is 1.75 bits per heavy atom. The van der Waals surface area contributed by atoms with Gasteiger partial charge in [-0.05, 0) is 6.92 Å². The fraction of sp³-hybridized carbons (Fsp3) is 0.600. The molecule has 0 aliphatic rings. The van der Waals surface area contributed by atoms with Gasteiger partial charge >= 0.3 is 0 Å². The van der Waals surface area contributed by atoms with Crippen LogP contribution < -0.4 is 5.73 Å². The number of amides is 1. The van der Waals surface area contributed by atoms with Gasteiger partial charge in [0.15, 0.2) is 0 Å². The van der Waals surface area contributed by atoms with Crippen LogP contribution in [0.15, 0.2) is 12.4 Å². The molecule has 0 saturated carbocycles. The quantitative estimate of drug-likeness (QED) is 0.708. The number of aromatic nitrogens is 2. The SMILES string of the molecule is CC(O)CN(C)C(=O)C(N)c1cnn(C)c1. The minimum absolute atomic E-state index is 0.228. The van der Waals surface area contributed by atoms with E-state index in [0.29, 0.717) is 5.56 Å². The van der Waals surface area contributed by atoms with E-state index in [4.69, 9.17) is 5.73 Å². The predicted octanol–water partition coefficient (Wildman–Crippen LogP) is -0.741. The van der Waals surface area contributed by atoms with E-state index in [1.165, 1.54) is 4.90 Å². The van der Waals surface area contributed by atoms with Crippen molar-refractivity contribution in [1.29, 1.82) is 0 Å². The Bertz CT molecular complexity index is 361. The Morgan fingerprint density at radius 2 is 2.38 bits per heavy atom. The number of nitrogens with two attached hydrogens (primary N) is 1. The number of nitrogens with zero attached hydrogens (tertiary/aromatic N) is 3. The van der Waals surface area contributed by atoms with E-state index in [1.807, 2.05) is 0 Å². The molecule has 1 aromatic heterocycles. The van der Waals surface area contributed by atoms with Gasteiger partial charge in [-0.2, -0.15) is 5.10 Å². The van der Waals surface area contributed by atoms with Crippen LogP contribution in [0.25, 0.3) is 0 Å². The molecular weight excluding hydrogens is 208 g/mol. The molecule has 90 valence electrons. The highest BCUT2D eigenvalue weighted by Gasteiger charge is 2.21. The Morgan fingerprint density at radius 3 is 2.81 bits per heavy atom. The first kappa shape index (κ1) is 12.7. The lowest BCUT2D eigenvalue weighted by molar-refractivity contribution is -0.132. The Kier molecular flexibility index (Phi) is 4.03. The van der Waals surface area contributed by atoms with Gasteiger partial charge in [0.05, 0.1) is 12.3 Å². The zero-order chi connectivity index (χ0) is 12.3. The molecule has 0 saturated heterocycles. The number of aryl methyl sites for hydroxylation is 1. The van der Waals surface area contributed by atoms with Crippen LogP contribution in [0, 0.1) is 0 Å².